The average Bonchev–Trinajstić information content (AvgIpc) is 2.86. The summed E-state index contributed by atoms with van der Waals surface area (Å²) < 4.78 is 19.5. The second kappa shape index (κ2) is 5.66. The molecular weight excluding hydrogens is 269 g/mol. The zero-order valence-electron chi connectivity index (χ0n) is 11.2. The van der Waals surface area contributed by atoms with Crippen molar-refractivity contribution in [1.82, 2.24) is 10.2 Å². The topological polar surface area (TPSA) is 63.9 Å². The predicted octanol–water partition coefficient (Wildman–Crippen LogP) is 3.38. The number of nitrogens with two attached hydrogens (primary N) is 1. The first-order valence-corrected chi connectivity index (χ1v) is 6.50. The number of ether oxygens (including phenoxy) is 1. The predicted molar refractivity (Wildman–Crippen MR) is 79.2 cm³/mol. The first-order valence-electron chi connectivity index (χ1n) is 6.50. The van der Waals surface area contributed by atoms with E-state index in [9.17, 15) is 4.39 Å². The number of nitrogen functional groups attached to an aromatic ring is 1. The number of H-pyrrole nitrogens is 1. The van der Waals surface area contributed by atoms with E-state index in [-0.39, 0.29) is 11.5 Å². The number of benzene rings is 2. The Morgan fingerprint density at radius 3 is 2.62 bits per heavy atom. The van der Waals surface area contributed by atoms with Crippen molar-refractivity contribution in [3.8, 4) is 17.0 Å². The van der Waals surface area contributed by atoms with Gasteiger partial charge in [-0.1, -0.05) is 42.5 Å². The molecule has 106 valence electrons. The maximum absolute atomic E-state index is 13.8. The maximum atomic E-state index is 13.8. The molecule has 0 fully saturated rings. The summed E-state index contributed by atoms with van der Waals surface area (Å²) in [5, 5.41) is 6.24. The van der Waals surface area contributed by atoms with Crippen LogP contribution in [0.1, 0.15) is 5.56 Å². The van der Waals surface area contributed by atoms with E-state index in [1.807, 2.05) is 36.4 Å². The summed E-state index contributed by atoms with van der Waals surface area (Å²) in [5.74, 6) is -0.0280. The highest BCUT2D eigenvalue weighted by molar-refractivity contribution is 5.64. The molecule has 0 saturated heterocycles. The van der Waals surface area contributed by atoms with Gasteiger partial charge in [0.2, 0.25) is 0 Å². The number of aromatic nitrogens is 2. The normalized spacial score (nSPS) is 10.5. The Balaban J connectivity index is 1.79. The average molecular weight is 283 g/mol. The number of hydrogen-bond donors (Lipinski definition) is 2. The molecule has 3 N–H and O–H groups in total. The van der Waals surface area contributed by atoms with Gasteiger partial charge in [-0.05, 0) is 17.7 Å². The van der Waals surface area contributed by atoms with Gasteiger partial charge in [-0.15, -0.1) is 0 Å². The summed E-state index contributed by atoms with van der Waals surface area (Å²) in [6, 6.07) is 17.0. The van der Waals surface area contributed by atoms with Crippen molar-refractivity contribution in [2.75, 3.05) is 5.73 Å². The number of hydrogen-bond acceptors (Lipinski definition) is 3. The molecule has 0 aliphatic rings. The largest absolute Gasteiger partial charge is 0.489 e. The first-order chi connectivity index (χ1) is 10.2. The number of aromatic amines is 1. The van der Waals surface area contributed by atoms with Gasteiger partial charge in [0, 0.05) is 5.56 Å². The highest BCUT2D eigenvalue weighted by Gasteiger charge is 2.12. The van der Waals surface area contributed by atoms with Gasteiger partial charge in [0.15, 0.2) is 11.6 Å². The molecule has 0 unspecified atom stereocenters. The lowest BCUT2D eigenvalue weighted by molar-refractivity contribution is 0.306. The van der Waals surface area contributed by atoms with Crippen LogP contribution in [0.5, 0.6) is 5.75 Å². The van der Waals surface area contributed by atoms with E-state index in [0.717, 1.165) is 5.56 Å². The standard InChI is InChI=1S/C16H14FN3O/c17-14-15(19-20-16(14)18)12-7-4-8-13(9-12)21-10-11-5-2-1-3-6-11/h1-9H,10H2,(H3,18,19,20). The minimum atomic E-state index is -0.546. The molecule has 0 saturated carbocycles. The van der Waals surface area contributed by atoms with Crippen molar-refractivity contribution < 1.29 is 9.13 Å². The molecule has 0 amide bonds. The number of halogens is 1. The third-order valence-electron chi connectivity index (χ3n) is 3.10. The van der Waals surface area contributed by atoms with Gasteiger partial charge in [-0.25, -0.2) is 4.39 Å². The summed E-state index contributed by atoms with van der Waals surface area (Å²) in [6.07, 6.45) is 0. The zero-order valence-corrected chi connectivity index (χ0v) is 11.2. The second-order valence-electron chi connectivity index (χ2n) is 4.60. The van der Waals surface area contributed by atoms with E-state index in [1.54, 1.807) is 18.2 Å². The van der Waals surface area contributed by atoms with Crippen LogP contribution in [0.3, 0.4) is 0 Å². The van der Waals surface area contributed by atoms with Gasteiger partial charge in [0.25, 0.3) is 0 Å². The molecule has 0 atom stereocenters. The lowest BCUT2D eigenvalue weighted by Crippen LogP contribution is -1.95. The molecule has 1 aromatic heterocycles. The first kappa shape index (κ1) is 13.2. The monoisotopic (exact) mass is 283 g/mol. The van der Waals surface area contributed by atoms with Crippen LogP contribution < -0.4 is 10.5 Å². The molecule has 0 radical (unpaired) electrons. The lowest BCUT2D eigenvalue weighted by atomic mass is 10.1. The number of rotatable bonds is 4. The molecule has 0 bridgehead atoms. The fourth-order valence-corrected chi connectivity index (χ4v) is 2.02. The number of anilines is 1. The van der Waals surface area contributed by atoms with Crippen LogP contribution in [0.25, 0.3) is 11.3 Å². The third kappa shape index (κ3) is 2.86. The van der Waals surface area contributed by atoms with E-state index in [0.29, 0.717) is 17.9 Å². The molecule has 1 heterocycles. The molecule has 2 aromatic carbocycles. The van der Waals surface area contributed by atoms with E-state index in [4.69, 9.17) is 10.5 Å². The quantitative estimate of drug-likeness (QED) is 0.771. The van der Waals surface area contributed by atoms with E-state index in [2.05, 4.69) is 10.2 Å². The van der Waals surface area contributed by atoms with Gasteiger partial charge in [-0.2, -0.15) is 5.10 Å². The molecule has 21 heavy (non-hydrogen) atoms. The summed E-state index contributed by atoms with van der Waals surface area (Å²) in [7, 11) is 0. The Labute approximate surface area is 121 Å². The van der Waals surface area contributed by atoms with Crippen molar-refractivity contribution in [3.63, 3.8) is 0 Å². The van der Waals surface area contributed by atoms with Crippen LogP contribution in [-0.4, -0.2) is 10.2 Å². The second-order valence-corrected chi connectivity index (χ2v) is 4.60. The lowest BCUT2D eigenvalue weighted by Gasteiger charge is -2.07. The SMILES string of the molecule is Nc1n[nH]c(-c2cccc(OCc3ccccc3)c2)c1F. The third-order valence-corrected chi connectivity index (χ3v) is 3.10. The Morgan fingerprint density at radius 1 is 1.10 bits per heavy atom. The molecule has 0 aliphatic carbocycles. The molecule has 4 nitrogen and oxygen atoms in total. The van der Waals surface area contributed by atoms with Crippen molar-refractivity contribution in [2.45, 2.75) is 6.61 Å². The molecule has 3 rings (SSSR count). The summed E-state index contributed by atoms with van der Waals surface area (Å²) in [5.41, 5.74) is 7.37. The van der Waals surface area contributed by atoms with E-state index >= 15 is 0 Å². The van der Waals surface area contributed by atoms with Gasteiger partial charge in [0.05, 0.1) is 0 Å². The van der Waals surface area contributed by atoms with Crippen LogP contribution in [0.4, 0.5) is 10.2 Å². The Hall–Kier alpha value is -2.82. The van der Waals surface area contributed by atoms with Gasteiger partial charge >= 0.3 is 0 Å². The van der Waals surface area contributed by atoms with Crippen LogP contribution in [0.15, 0.2) is 54.6 Å². The molecular formula is C16H14FN3O. The zero-order chi connectivity index (χ0) is 14.7. The van der Waals surface area contributed by atoms with Crippen molar-refractivity contribution in [2.24, 2.45) is 0 Å². The van der Waals surface area contributed by atoms with Crippen molar-refractivity contribution >= 4 is 5.82 Å². The molecule has 5 heteroatoms. The maximum Gasteiger partial charge on any atom is 0.192 e. The van der Waals surface area contributed by atoms with Gasteiger partial charge < -0.3 is 10.5 Å². The van der Waals surface area contributed by atoms with E-state index in [1.165, 1.54) is 0 Å². The minimum absolute atomic E-state index is 0.138. The smallest absolute Gasteiger partial charge is 0.192 e. The number of nitrogens with one attached hydrogen (secondary N) is 1. The fraction of sp³-hybridized carbons (Fsp3) is 0.0625. The van der Waals surface area contributed by atoms with Crippen LogP contribution in [-0.2, 0) is 6.61 Å². The summed E-state index contributed by atoms with van der Waals surface area (Å²) in [4.78, 5) is 0. The van der Waals surface area contributed by atoms with Crippen molar-refractivity contribution in [3.05, 3.63) is 66.0 Å². The van der Waals surface area contributed by atoms with Crippen LogP contribution in [0.2, 0.25) is 0 Å². The van der Waals surface area contributed by atoms with Gasteiger partial charge in [0.1, 0.15) is 18.1 Å². The number of nitrogens with zero attached hydrogens (tertiary/aromatic N) is 1. The van der Waals surface area contributed by atoms with Crippen molar-refractivity contribution in [1.29, 1.82) is 0 Å². The molecule has 3 aromatic rings. The van der Waals surface area contributed by atoms with E-state index < -0.39 is 5.82 Å². The summed E-state index contributed by atoms with van der Waals surface area (Å²) >= 11 is 0. The minimum Gasteiger partial charge on any atom is -0.489 e. The Kier molecular flexibility index (Phi) is 3.55. The highest BCUT2D eigenvalue weighted by Crippen LogP contribution is 2.26. The van der Waals surface area contributed by atoms with Crippen LogP contribution >= 0.6 is 0 Å². The Morgan fingerprint density at radius 2 is 1.90 bits per heavy atom. The molecule has 0 spiro atoms. The Bertz CT molecular complexity index is 740. The summed E-state index contributed by atoms with van der Waals surface area (Å²) in [6.45, 7) is 0.456. The highest BCUT2D eigenvalue weighted by atomic mass is 19.1. The fourth-order valence-electron chi connectivity index (χ4n) is 2.02. The molecule has 0 aliphatic heterocycles. The van der Waals surface area contributed by atoms with Gasteiger partial charge in [-0.3, -0.25) is 5.10 Å². The van der Waals surface area contributed by atoms with Crippen LogP contribution in [0, 0.1) is 5.82 Å².